The Morgan fingerprint density at radius 3 is 2.24 bits per heavy atom. The summed E-state index contributed by atoms with van der Waals surface area (Å²) in [7, 11) is 0. The van der Waals surface area contributed by atoms with Gasteiger partial charge in [-0.3, -0.25) is 9.59 Å². The maximum absolute atomic E-state index is 14.8. The number of hydrogen-bond donors (Lipinski definition) is 4. The van der Waals surface area contributed by atoms with Crippen LogP contribution in [0.5, 0.6) is 0 Å². The average Bonchev–Trinajstić information content (AvgIpc) is 2.96. The molecule has 0 aromatic carbocycles. The third kappa shape index (κ3) is 7.73. The van der Waals surface area contributed by atoms with E-state index in [1.54, 1.807) is 55.4 Å². The smallest absolute Gasteiger partial charge is 0.408 e. The second kappa shape index (κ2) is 14.9. The van der Waals surface area contributed by atoms with Crippen LogP contribution in [0.3, 0.4) is 0 Å². The molecule has 3 fully saturated rings. The van der Waals surface area contributed by atoms with Crippen LogP contribution in [-0.4, -0.2) is 93.5 Å². The molecule has 1 radical (unpaired) electrons. The minimum Gasteiger partial charge on any atom is -0.456 e. The molecule has 4 aliphatic rings. The van der Waals surface area contributed by atoms with Crippen molar-refractivity contribution < 1.29 is 97.5 Å². The fourth-order valence-electron chi connectivity index (χ4n) is 8.91. The Morgan fingerprint density at radius 1 is 1.12 bits per heavy atom. The topological polar surface area (TPSA) is 178 Å². The number of amides is 1. The quantitative estimate of drug-likeness (QED) is 0.167. The van der Waals surface area contributed by atoms with E-state index in [0.29, 0.717) is 11.1 Å². The molecule has 1 saturated heterocycles. The Labute approximate surface area is 325 Å². The molecule has 1 heterocycles. The van der Waals surface area contributed by atoms with Crippen LogP contribution < -0.4 is 5.32 Å². The van der Waals surface area contributed by atoms with Crippen molar-refractivity contribution in [3.05, 3.63) is 22.8 Å². The third-order valence-corrected chi connectivity index (χ3v) is 11.2. The number of fused-ring (bicyclic) bond motifs is 5. The first-order valence-electron chi connectivity index (χ1n) is 17.0. The fraction of sp³-hybridized carbons (Fsp3) is 0.778. The van der Waals surface area contributed by atoms with Gasteiger partial charge in [-0.1, -0.05) is 39.3 Å². The maximum Gasteiger partial charge on any atom is 0.408 e. The van der Waals surface area contributed by atoms with Gasteiger partial charge >= 0.3 is 18.0 Å². The zero-order valence-corrected chi connectivity index (χ0v) is 35.5. The number of hydrogen-bond acceptors (Lipinski definition) is 11. The first kappa shape index (κ1) is 42.1. The number of aliphatic hydroxyl groups excluding tert-OH is 2. The van der Waals surface area contributed by atoms with Crippen LogP contribution in [-0.2, 0) is 33.3 Å². The van der Waals surface area contributed by atoms with Crippen LogP contribution in [0.15, 0.2) is 22.8 Å². The number of carbonyl (C=O) groups is 4. The van der Waals surface area contributed by atoms with Crippen LogP contribution >= 0.6 is 0 Å². The van der Waals surface area contributed by atoms with E-state index in [-0.39, 0.29) is 75.8 Å². The number of ether oxygens (including phenoxy) is 4. The van der Waals surface area contributed by atoms with Crippen LogP contribution in [0.25, 0.3) is 0 Å². The number of rotatable bonds is 7. The van der Waals surface area contributed by atoms with Crippen LogP contribution in [0.1, 0.15) is 95.4 Å². The Bertz CT molecular complexity index is 1380. The monoisotopic (exact) mass is 904 g/mol. The third-order valence-electron chi connectivity index (χ3n) is 11.2. The van der Waals surface area contributed by atoms with Crippen molar-refractivity contribution in [2.45, 2.75) is 143 Å². The van der Waals surface area contributed by atoms with Gasteiger partial charge < -0.3 is 39.6 Å². The molecular weight excluding hydrogens is 849 g/mol. The van der Waals surface area contributed by atoms with Gasteiger partial charge in [0, 0.05) is 62.8 Å². The molecule has 13 heteroatoms. The number of allylic oxidation sites excluding steroid dienone is 1. The van der Waals surface area contributed by atoms with Gasteiger partial charge in [0.25, 0.3) is 0 Å². The number of esters is 2. The standard InChI is InChI=1S/C36H55NO11.Ac/c1-12-25(39)47-28-26-19(5)22(46-31(42)27(40)21(13-17(2)3)37-32(43)48-33(6,7)8)14-20(34(26,9)10)18(4)29-35(11,30(28)41)23(38)15-24-36(29,44)16-45-24;/h13,18,20-24,27-29,38,40,44H,12,14-16H2,1-11H3,(H,37,43);/t18-,20?,21?,22?,23?,24?,27?,28?,29+,35-,36?;/m1./s1. The molecule has 49 heavy (non-hydrogen) atoms. The molecule has 1 aliphatic heterocycles. The van der Waals surface area contributed by atoms with Crippen molar-refractivity contribution in [2.24, 2.45) is 28.6 Å². The molecule has 4 rings (SSSR count). The summed E-state index contributed by atoms with van der Waals surface area (Å²) in [6.45, 7) is 19.4. The fourth-order valence-corrected chi connectivity index (χ4v) is 8.91. The Balaban J connectivity index is 0.00000650. The summed E-state index contributed by atoms with van der Waals surface area (Å²) >= 11 is 0. The number of nitrogens with one attached hydrogen (secondary N) is 1. The van der Waals surface area contributed by atoms with E-state index in [2.05, 4.69) is 5.32 Å². The zero-order valence-electron chi connectivity index (χ0n) is 30.8. The summed E-state index contributed by atoms with van der Waals surface area (Å²) in [6.07, 6.45) is -4.94. The first-order chi connectivity index (χ1) is 22.0. The number of carbonyl (C=O) groups excluding carboxylic acids is 4. The molecule has 4 N–H and O–H groups in total. The van der Waals surface area contributed by atoms with E-state index >= 15 is 0 Å². The van der Waals surface area contributed by atoms with E-state index in [0.717, 1.165) is 5.57 Å². The predicted molar refractivity (Wildman–Crippen MR) is 174 cm³/mol. The summed E-state index contributed by atoms with van der Waals surface area (Å²) in [5.74, 6) is -3.64. The van der Waals surface area contributed by atoms with Crippen molar-refractivity contribution in [2.75, 3.05) is 6.61 Å². The predicted octanol–water partition coefficient (Wildman–Crippen LogP) is 3.54. The van der Waals surface area contributed by atoms with Gasteiger partial charge in [0.15, 0.2) is 18.0 Å². The van der Waals surface area contributed by atoms with E-state index in [4.69, 9.17) is 18.9 Å². The largest absolute Gasteiger partial charge is 0.456 e. The van der Waals surface area contributed by atoms with E-state index < -0.39 is 94.2 Å². The summed E-state index contributed by atoms with van der Waals surface area (Å²) in [5.41, 5.74) is -2.76. The Hall–Kier alpha value is -1.36. The molecule has 11 atom stereocenters. The Morgan fingerprint density at radius 2 is 1.73 bits per heavy atom. The van der Waals surface area contributed by atoms with Crippen molar-refractivity contribution in [3.63, 3.8) is 0 Å². The van der Waals surface area contributed by atoms with Gasteiger partial charge in [-0.25, -0.2) is 9.59 Å². The molecular formula is C36H55AcNO11. The summed E-state index contributed by atoms with van der Waals surface area (Å²) in [5, 5.41) is 37.3. The zero-order chi connectivity index (χ0) is 36.3. The second-order valence-corrected chi connectivity index (χ2v) is 16.2. The molecule has 0 aromatic rings. The summed E-state index contributed by atoms with van der Waals surface area (Å²) in [4.78, 5) is 54.0. The molecule has 1 amide bonds. The van der Waals surface area contributed by atoms with E-state index in [1.165, 1.54) is 6.08 Å². The van der Waals surface area contributed by atoms with Gasteiger partial charge in [-0.05, 0) is 83.3 Å². The van der Waals surface area contributed by atoms with E-state index in [9.17, 15) is 34.5 Å². The molecule has 273 valence electrons. The van der Waals surface area contributed by atoms with Crippen LogP contribution in [0, 0.1) is 72.6 Å². The van der Waals surface area contributed by atoms with Gasteiger partial charge in [0.05, 0.1) is 30.3 Å². The molecule has 2 bridgehead atoms. The molecule has 12 nitrogen and oxygen atoms in total. The molecule has 0 aromatic heterocycles. The van der Waals surface area contributed by atoms with Gasteiger partial charge in [-0.15, -0.1) is 0 Å². The molecule has 2 saturated carbocycles. The molecule has 0 spiro atoms. The summed E-state index contributed by atoms with van der Waals surface area (Å²) in [6, 6.07) is -1.16. The van der Waals surface area contributed by atoms with Gasteiger partial charge in [0.1, 0.15) is 17.3 Å². The minimum atomic E-state index is -1.80. The van der Waals surface area contributed by atoms with E-state index in [1.807, 2.05) is 20.8 Å². The van der Waals surface area contributed by atoms with Gasteiger partial charge in [-0.2, -0.15) is 0 Å². The first-order valence-corrected chi connectivity index (χ1v) is 17.0. The van der Waals surface area contributed by atoms with Crippen molar-refractivity contribution >= 4 is 23.8 Å². The molecule has 8 unspecified atom stereocenters. The van der Waals surface area contributed by atoms with Gasteiger partial charge in [0.2, 0.25) is 0 Å². The minimum absolute atomic E-state index is 0. The van der Waals surface area contributed by atoms with Crippen molar-refractivity contribution in [1.29, 1.82) is 0 Å². The normalized spacial score (nSPS) is 36.1. The number of aliphatic hydroxyl groups is 3. The average molecular weight is 905 g/mol. The Kier molecular flexibility index (Phi) is 12.8. The molecule has 3 aliphatic carbocycles. The number of alkyl carbamates (subject to hydrolysis) is 1. The summed E-state index contributed by atoms with van der Waals surface area (Å²) < 4.78 is 23.0. The van der Waals surface area contributed by atoms with Crippen LogP contribution in [0.2, 0.25) is 0 Å². The van der Waals surface area contributed by atoms with Crippen molar-refractivity contribution in [3.8, 4) is 0 Å². The van der Waals surface area contributed by atoms with Crippen LogP contribution in [0.4, 0.5) is 4.79 Å². The maximum atomic E-state index is 14.8. The number of ketones is 1. The SMILES string of the molecule is CCC(=O)OC1C(=O)[C@]2(C)C(O)CC3OCC3(O)[C@H]2[C@H](C)C2CC(OC(=O)C(O)C(C=C(C)C)NC(=O)OC(C)(C)C)C(C)=C1C2(C)C.[Ac]. The van der Waals surface area contributed by atoms with Crippen molar-refractivity contribution in [1.82, 2.24) is 5.32 Å². The number of Topliss-reactive ketones (excluding diaryl/α,β-unsaturated/α-hetero) is 1. The second-order valence-electron chi connectivity index (χ2n) is 16.2.